The predicted molar refractivity (Wildman–Crippen MR) is 68.5 cm³/mol. The van der Waals surface area contributed by atoms with E-state index in [-0.39, 0.29) is 21.5 Å². The molecule has 1 unspecified atom stereocenters. The van der Waals surface area contributed by atoms with Gasteiger partial charge in [-0.2, -0.15) is 0 Å². The van der Waals surface area contributed by atoms with Crippen molar-refractivity contribution in [1.29, 1.82) is 0 Å². The van der Waals surface area contributed by atoms with E-state index in [1.807, 2.05) is 6.92 Å². The number of alkyl halides is 1. The third kappa shape index (κ3) is 3.68. The van der Waals surface area contributed by atoms with E-state index in [4.69, 9.17) is 11.6 Å². The molecule has 16 heavy (non-hydrogen) atoms. The van der Waals surface area contributed by atoms with Crippen molar-refractivity contribution in [3.8, 4) is 5.75 Å². The molecule has 0 fully saturated rings. The molecule has 0 aliphatic carbocycles. The Morgan fingerprint density at radius 1 is 1.62 bits per heavy atom. The Bertz CT molecular complexity index is 384. The lowest BCUT2D eigenvalue weighted by Crippen LogP contribution is -2.29. The van der Waals surface area contributed by atoms with Gasteiger partial charge in [-0.05, 0) is 24.6 Å². The zero-order valence-electron chi connectivity index (χ0n) is 8.84. The maximum atomic E-state index is 11.7. The highest BCUT2D eigenvalue weighted by atomic mass is 79.9. The first-order valence-corrected chi connectivity index (χ1v) is 6.24. The molecule has 0 bridgehead atoms. The average molecular weight is 307 g/mol. The molecule has 0 aliphatic rings. The summed E-state index contributed by atoms with van der Waals surface area (Å²) in [4.78, 5) is 11.9. The molecule has 0 heterocycles. The van der Waals surface area contributed by atoms with E-state index in [1.54, 1.807) is 0 Å². The van der Waals surface area contributed by atoms with Gasteiger partial charge in [-0.15, -0.1) is 0 Å². The van der Waals surface area contributed by atoms with Crippen LogP contribution in [0.3, 0.4) is 0 Å². The van der Waals surface area contributed by atoms with Gasteiger partial charge in [0.05, 0.1) is 5.02 Å². The van der Waals surface area contributed by atoms with E-state index >= 15 is 0 Å². The fraction of sp³-hybridized carbons (Fsp3) is 0.364. The summed E-state index contributed by atoms with van der Waals surface area (Å²) in [6, 6.07) is 4.38. The summed E-state index contributed by atoms with van der Waals surface area (Å²) in [5.41, 5.74) is 0.443. The number of benzene rings is 1. The maximum absolute atomic E-state index is 11.7. The number of phenolic OH excluding ortho intramolecular Hbond substituents is 1. The molecule has 1 atom stereocenters. The first-order chi connectivity index (χ1) is 7.54. The van der Waals surface area contributed by atoms with Crippen molar-refractivity contribution in [3.05, 3.63) is 28.8 Å². The van der Waals surface area contributed by atoms with Crippen LogP contribution in [0.5, 0.6) is 5.75 Å². The van der Waals surface area contributed by atoms with Crippen LogP contribution >= 0.6 is 27.5 Å². The molecule has 0 aromatic heterocycles. The van der Waals surface area contributed by atoms with Crippen LogP contribution in [-0.2, 0) is 0 Å². The van der Waals surface area contributed by atoms with E-state index in [1.165, 1.54) is 18.2 Å². The van der Waals surface area contributed by atoms with Crippen LogP contribution in [0, 0.1) is 0 Å². The first kappa shape index (κ1) is 13.3. The quantitative estimate of drug-likeness (QED) is 0.840. The first-order valence-electron chi connectivity index (χ1n) is 4.95. The summed E-state index contributed by atoms with van der Waals surface area (Å²) in [7, 11) is 0. The van der Waals surface area contributed by atoms with E-state index in [0.29, 0.717) is 12.1 Å². The fourth-order valence-electron chi connectivity index (χ4n) is 1.10. The van der Waals surface area contributed by atoms with Crippen molar-refractivity contribution in [2.24, 2.45) is 0 Å². The normalized spacial score (nSPS) is 12.2. The van der Waals surface area contributed by atoms with Gasteiger partial charge in [0.15, 0.2) is 0 Å². The number of amides is 1. The summed E-state index contributed by atoms with van der Waals surface area (Å²) in [6.45, 7) is 2.59. The van der Waals surface area contributed by atoms with Crippen LogP contribution < -0.4 is 5.32 Å². The van der Waals surface area contributed by atoms with Gasteiger partial charge in [-0.3, -0.25) is 4.79 Å². The Morgan fingerprint density at radius 2 is 2.31 bits per heavy atom. The lowest BCUT2D eigenvalue weighted by atomic mass is 10.2. The summed E-state index contributed by atoms with van der Waals surface area (Å²) in [6.07, 6.45) is 0.941. The molecule has 88 valence electrons. The molecule has 0 spiro atoms. The second-order valence-electron chi connectivity index (χ2n) is 3.38. The average Bonchev–Trinajstić information content (AvgIpc) is 2.29. The van der Waals surface area contributed by atoms with Gasteiger partial charge in [0.1, 0.15) is 5.75 Å². The Labute approximate surface area is 108 Å². The molecule has 2 N–H and O–H groups in total. The second-order valence-corrected chi connectivity index (χ2v) is 5.08. The number of nitrogens with one attached hydrogen (secondary N) is 1. The van der Waals surface area contributed by atoms with Crippen LogP contribution in [0.25, 0.3) is 0 Å². The van der Waals surface area contributed by atoms with Crippen molar-refractivity contribution in [2.75, 3.05) is 6.54 Å². The van der Waals surface area contributed by atoms with Crippen LogP contribution in [0.4, 0.5) is 0 Å². The van der Waals surface area contributed by atoms with E-state index in [0.717, 1.165) is 6.42 Å². The predicted octanol–water partition coefficient (Wildman–Crippen LogP) is 2.95. The number of aromatic hydroxyl groups is 1. The number of hydrogen-bond acceptors (Lipinski definition) is 2. The molecular weight excluding hydrogens is 293 g/mol. The molecule has 0 aliphatic heterocycles. The van der Waals surface area contributed by atoms with Crippen LogP contribution in [-0.4, -0.2) is 22.4 Å². The molecule has 0 saturated heterocycles. The van der Waals surface area contributed by atoms with Gasteiger partial charge in [0.2, 0.25) is 0 Å². The van der Waals surface area contributed by atoms with Gasteiger partial charge in [-0.25, -0.2) is 0 Å². The molecule has 0 saturated carbocycles. The standard InChI is InChI=1S/C11H13BrClNO2/c1-2-8(12)6-14-11(16)7-3-4-10(15)9(13)5-7/h3-5,8,15H,2,6H2,1H3,(H,14,16). The van der Waals surface area contributed by atoms with Gasteiger partial charge in [0.25, 0.3) is 5.91 Å². The van der Waals surface area contributed by atoms with Crippen molar-refractivity contribution in [2.45, 2.75) is 18.2 Å². The molecule has 5 heteroatoms. The van der Waals surface area contributed by atoms with Crippen LogP contribution in [0.2, 0.25) is 5.02 Å². The SMILES string of the molecule is CCC(Br)CNC(=O)c1ccc(O)c(Cl)c1. The summed E-state index contributed by atoms with van der Waals surface area (Å²) in [5.74, 6) is -0.218. The smallest absolute Gasteiger partial charge is 0.251 e. The Kier molecular flexibility index (Phi) is 5.09. The zero-order valence-corrected chi connectivity index (χ0v) is 11.2. The Balaban J connectivity index is 2.63. The molecule has 0 radical (unpaired) electrons. The van der Waals surface area contributed by atoms with E-state index in [9.17, 15) is 9.90 Å². The van der Waals surface area contributed by atoms with Gasteiger partial charge in [-0.1, -0.05) is 34.5 Å². The highest BCUT2D eigenvalue weighted by Crippen LogP contribution is 2.23. The largest absolute Gasteiger partial charge is 0.506 e. The fourth-order valence-corrected chi connectivity index (χ4v) is 1.44. The summed E-state index contributed by atoms with van der Waals surface area (Å²) >= 11 is 9.13. The Morgan fingerprint density at radius 3 is 2.88 bits per heavy atom. The van der Waals surface area contributed by atoms with Crippen molar-refractivity contribution in [1.82, 2.24) is 5.32 Å². The number of carbonyl (C=O) groups is 1. The topological polar surface area (TPSA) is 49.3 Å². The third-order valence-corrected chi connectivity index (χ3v) is 3.41. The lowest BCUT2D eigenvalue weighted by molar-refractivity contribution is 0.0954. The number of hydrogen-bond donors (Lipinski definition) is 2. The highest BCUT2D eigenvalue weighted by molar-refractivity contribution is 9.09. The zero-order chi connectivity index (χ0) is 12.1. The molecular formula is C11H13BrClNO2. The summed E-state index contributed by atoms with van der Waals surface area (Å²) < 4.78 is 0. The second kappa shape index (κ2) is 6.11. The minimum Gasteiger partial charge on any atom is -0.506 e. The van der Waals surface area contributed by atoms with E-state index in [2.05, 4.69) is 21.2 Å². The van der Waals surface area contributed by atoms with Crippen LogP contribution in [0.1, 0.15) is 23.7 Å². The van der Waals surface area contributed by atoms with Crippen molar-refractivity contribution in [3.63, 3.8) is 0 Å². The van der Waals surface area contributed by atoms with Gasteiger partial charge in [0, 0.05) is 16.9 Å². The highest BCUT2D eigenvalue weighted by Gasteiger charge is 2.09. The molecule has 1 rings (SSSR count). The number of rotatable bonds is 4. The molecule has 1 aromatic carbocycles. The summed E-state index contributed by atoms with van der Waals surface area (Å²) in [5, 5.41) is 12.2. The minimum atomic E-state index is -0.195. The van der Waals surface area contributed by atoms with Crippen molar-refractivity contribution < 1.29 is 9.90 Å². The monoisotopic (exact) mass is 305 g/mol. The van der Waals surface area contributed by atoms with Crippen LogP contribution in [0.15, 0.2) is 18.2 Å². The molecule has 1 amide bonds. The molecule has 1 aromatic rings. The van der Waals surface area contributed by atoms with Gasteiger partial charge >= 0.3 is 0 Å². The maximum Gasteiger partial charge on any atom is 0.251 e. The lowest BCUT2D eigenvalue weighted by Gasteiger charge is -2.09. The number of halogens is 2. The number of phenols is 1. The van der Waals surface area contributed by atoms with Gasteiger partial charge < -0.3 is 10.4 Å². The Hall–Kier alpha value is -0.740. The minimum absolute atomic E-state index is 0.0230. The molecule has 3 nitrogen and oxygen atoms in total. The van der Waals surface area contributed by atoms with E-state index < -0.39 is 0 Å². The third-order valence-electron chi connectivity index (χ3n) is 2.14. The van der Waals surface area contributed by atoms with Crippen molar-refractivity contribution >= 4 is 33.4 Å². The number of carbonyl (C=O) groups excluding carboxylic acids is 1.